The molecule has 2 N–H and O–H groups in total. The maximum Gasteiger partial charge on any atom is 0.320 e. The Morgan fingerprint density at radius 1 is 1.37 bits per heavy atom. The molecule has 2 heterocycles. The van der Waals surface area contributed by atoms with Crippen LogP contribution < -0.4 is 15.4 Å². The molecular weight excluding hydrogens is 388 g/mol. The highest BCUT2D eigenvalue weighted by atomic mass is 35.5. The molecule has 2 aromatic rings. The number of pyridine rings is 1. The van der Waals surface area contributed by atoms with Gasteiger partial charge in [-0.3, -0.25) is 9.69 Å². The summed E-state index contributed by atoms with van der Waals surface area (Å²) in [6, 6.07) is 7.93. The van der Waals surface area contributed by atoms with Crippen LogP contribution in [-0.2, 0) is 4.79 Å². The van der Waals surface area contributed by atoms with Crippen LogP contribution in [0.25, 0.3) is 0 Å². The van der Waals surface area contributed by atoms with Crippen molar-refractivity contribution in [3.8, 4) is 11.9 Å². The summed E-state index contributed by atoms with van der Waals surface area (Å²) < 4.78 is 5.43. The number of ether oxygens (including phenoxy) is 1. The first-order chi connectivity index (χ1) is 13.0. The van der Waals surface area contributed by atoms with Crippen molar-refractivity contribution in [2.24, 2.45) is 11.7 Å². The van der Waals surface area contributed by atoms with E-state index in [4.69, 9.17) is 22.1 Å². The van der Waals surface area contributed by atoms with Crippen LogP contribution in [0.2, 0.25) is 5.02 Å². The van der Waals surface area contributed by atoms with E-state index in [0.717, 1.165) is 12.8 Å². The number of amides is 2. The van der Waals surface area contributed by atoms with Crippen LogP contribution in [0.4, 0.5) is 10.5 Å². The molecule has 9 heteroatoms. The van der Waals surface area contributed by atoms with Gasteiger partial charge in [-0.15, -0.1) is 0 Å². The average molecular weight is 401 g/mol. The lowest BCUT2D eigenvalue weighted by atomic mass is 10.1. The fourth-order valence-corrected chi connectivity index (χ4v) is 4.63. The average Bonchev–Trinajstić information content (AvgIpc) is 3.42. The highest BCUT2D eigenvalue weighted by Gasteiger charge is 2.40. The van der Waals surface area contributed by atoms with Crippen molar-refractivity contribution in [2.45, 2.75) is 23.1 Å². The van der Waals surface area contributed by atoms with Crippen LogP contribution in [-0.4, -0.2) is 17.0 Å². The van der Waals surface area contributed by atoms with Crippen molar-refractivity contribution in [1.29, 1.82) is 5.26 Å². The van der Waals surface area contributed by atoms with Gasteiger partial charge in [-0.05, 0) is 31.0 Å². The van der Waals surface area contributed by atoms with E-state index in [1.165, 1.54) is 22.9 Å². The maximum absolute atomic E-state index is 12.2. The summed E-state index contributed by atoms with van der Waals surface area (Å²) in [5, 5.41) is 9.13. The summed E-state index contributed by atoms with van der Waals surface area (Å²) in [5.41, 5.74) is 6.89. The van der Waals surface area contributed by atoms with Crippen molar-refractivity contribution in [3.05, 3.63) is 46.6 Å². The van der Waals surface area contributed by atoms with Crippen LogP contribution in [0, 0.1) is 17.2 Å². The lowest BCUT2D eigenvalue weighted by molar-refractivity contribution is -0.136. The third kappa shape index (κ3) is 3.09. The van der Waals surface area contributed by atoms with E-state index in [0.29, 0.717) is 26.7 Å². The van der Waals surface area contributed by atoms with Crippen molar-refractivity contribution >= 4 is 41.1 Å². The quantitative estimate of drug-likeness (QED) is 0.788. The van der Waals surface area contributed by atoms with Gasteiger partial charge in [-0.2, -0.15) is 5.26 Å². The second-order valence-electron chi connectivity index (χ2n) is 6.15. The van der Waals surface area contributed by atoms with Gasteiger partial charge in [0.05, 0.1) is 28.1 Å². The Balaban J connectivity index is 1.79. The van der Waals surface area contributed by atoms with E-state index in [1.54, 1.807) is 24.3 Å². The van der Waals surface area contributed by atoms with Crippen LogP contribution in [0.1, 0.15) is 29.3 Å². The smallest absolute Gasteiger partial charge is 0.320 e. The lowest BCUT2D eigenvalue weighted by Gasteiger charge is -2.24. The van der Waals surface area contributed by atoms with Crippen molar-refractivity contribution in [2.75, 3.05) is 4.90 Å². The molecule has 1 aromatic heterocycles. The standard InChI is InChI=1S/C18H13ClN4O3S/c19-11-3-1-2-10(8-20)13(11)16-23(18(21)25)12-6-7-22-15(14(12)27-16)26-17(24)9-4-5-9/h1-3,6-7,9,16H,4-5H2,(H2,21,25). The van der Waals surface area contributed by atoms with Crippen LogP contribution in [0.5, 0.6) is 5.88 Å². The molecule has 1 aromatic carbocycles. The first-order valence-corrected chi connectivity index (χ1v) is 9.41. The van der Waals surface area contributed by atoms with Gasteiger partial charge < -0.3 is 10.5 Å². The number of hydrogen-bond donors (Lipinski definition) is 1. The number of carbonyl (C=O) groups is 2. The summed E-state index contributed by atoms with van der Waals surface area (Å²) in [6.07, 6.45) is 3.06. The number of hydrogen-bond acceptors (Lipinski definition) is 6. The highest BCUT2D eigenvalue weighted by Crippen LogP contribution is 2.55. The van der Waals surface area contributed by atoms with Gasteiger partial charge in [0.15, 0.2) is 0 Å². The zero-order chi connectivity index (χ0) is 19.1. The van der Waals surface area contributed by atoms with Crippen LogP contribution in [0.15, 0.2) is 35.4 Å². The molecule has 1 saturated carbocycles. The molecule has 136 valence electrons. The molecule has 2 aliphatic rings. The zero-order valence-corrected chi connectivity index (χ0v) is 15.5. The van der Waals surface area contributed by atoms with E-state index in [-0.39, 0.29) is 17.8 Å². The Morgan fingerprint density at radius 3 is 2.81 bits per heavy atom. The first kappa shape index (κ1) is 17.6. The van der Waals surface area contributed by atoms with Gasteiger partial charge in [0.25, 0.3) is 0 Å². The molecule has 2 amide bonds. The summed E-state index contributed by atoms with van der Waals surface area (Å²) in [4.78, 5) is 30.2. The highest BCUT2D eigenvalue weighted by molar-refractivity contribution is 8.00. The maximum atomic E-state index is 12.2. The molecule has 27 heavy (non-hydrogen) atoms. The Bertz CT molecular complexity index is 1000. The fourth-order valence-electron chi connectivity index (χ4n) is 2.89. The number of nitriles is 1. The van der Waals surface area contributed by atoms with Gasteiger partial charge in [-0.1, -0.05) is 29.4 Å². The molecule has 1 fully saturated rings. The lowest BCUT2D eigenvalue weighted by Crippen LogP contribution is -2.35. The molecule has 0 radical (unpaired) electrons. The van der Waals surface area contributed by atoms with Crippen LogP contribution in [0.3, 0.4) is 0 Å². The summed E-state index contributed by atoms with van der Waals surface area (Å²) >= 11 is 7.55. The van der Waals surface area contributed by atoms with E-state index in [2.05, 4.69) is 11.1 Å². The van der Waals surface area contributed by atoms with Gasteiger partial charge in [0, 0.05) is 16.8 Å². The van der Waals surface area contributed by atoms with E-state index < -0.39 is 11.4 Å². The number of nitrogens with zero attached hydrogens (tertiary/aromatic N) is 3. The zero-order valence-electron chi connectivity index (χ0n) is 13.9. The number of aromatic nitrogens is 1. The number of carbonyl (C=O) groups excluding carboxylic acids is 2. The number of benzene rings is 1. The summed E-state index contributed by atoms with van der Waals surface area (Å²) in [7, 11) is 0. The second-order valence-corrected chi connectivity index (χ2v) is 7.65. The first-order valence-electron chi connectivity index (χ1n) is 8.15. The van der Waals surface area contributed by atoms with Gasteiger partial charge in [-0.25, -0.2) is 9.78 Å². The molecule has 0 spiro atoms. The molecule has 0 saturated heterocycles. The minimum absolute atomic E-state index is 0.0918. The molecule has 1 unspecified atom stereocenters. The normalized spacial score (nSPS) is 17.9. The molecule has 7 nitrogen and oxygen atoms in total. The van der Waals surface area contributed by atoms with E-state index >= 15 is 0 Å². The van der Waals surface area contributed by atoms with Gasteiger partial charge >= 0.3 is 12.0 Å². The minimum Gasteiger partial charge on any atom is -0.406 e. The number of rotatable bonds is 3. The fraction of sp³-hybridized carbons (Fsp3) is 0.222. The number of halogens is 1. The van der Waals surface area contributed by atoms with Gasteiger partial charge in [0.1, 0.15) is 5.37 Å². The summed E-state index contributed by atoms with van der Waals surface area (Å²) in [6.45, 7) is 0. The Morgan fingerprint density at radius 2 is 2.15 bits per heavy atom. The Labute approximate surface area is 164 Å². The molecular formula is C18H13ClN4O3S. The SMILES string of the molecule is N#Cc1cccc(Cl)c1C1Sc2c(ccnc2OC(=O)C2CC2)N1C(N)=O. The third-order valence-electron chi connectivity index (χ3n) is 4.34. The van der Waals surface area contributed by atoms with E-state index in [1.807, 2.05) is 0 Å². The minimum atomic E-state index is -0.708. The van der Waals surface area contributed by atoms with Crippen LogP contribution >= 0.6 is 23.4 Å². The third-order valence-corrected chi connectivity index (χ3v) is 5.96. The van der Waals surface area contributed by atoms with Crippen molar-refractivity contribution in [3.63, 3.8) is 0 Å². The number of thioether (sulfide) groups is 1. The molecule has 1 aliphatic heterocycles. The number of urea groups is 1. The number of nitrogens with two attached hydrogens (primary N) is 1. The van der Waals surface area contributed by atoms with Crippen molar-refractivity contribution in [1.82, 2.24) is 4.98 Å². The molecule has 4 rings (SSSR count). The Kier molecular flexibility index (Phi) is 4.42. The largest absolute Gasteiger partial charge is 0.406 e. The molecule has 0 bridgehead atoms. The number of fused-ring (bicyclic) bond motifs is 1. The second kappa shape index (κ2) is 6.76. The topological polar surface area (TPSA) is 109 Å². The van der Waals surface area contributed by atoms with Crippen molar-refractivity contribution < 1.29 is 14.3 Å². The number of primary amides is 1. The summed E-state index contributed by atoms with van der Waals surface area (Å²) in [5.74, 6) is -0.291. The molecule has 1 aliphatic carbocycles. The van der Waals surface area contributed by atoms with E-state index in [9.17, 15) is 14.9 Å². The monoisotopic (exact) mass is 400 g/mol. The van der Waals surface area contributed by atoms with Gasteiger partial charge in [0.2, 0.25) is 5.88 Å². The molecule has 1 atom stereocenters. The number of esters is 1. The predicted molar refractivity (Wildman–Crippen MR) is 99.4 cm³/mol. The number of anilines is 1. The Hall–Kier alpha value is -2.76. The predicted octanol–water partition coefficient (Wildman–Crippen LogP) is 3.61.